The Hall–Kier alpha value is -5.11. The summed E-state index contributed by atoms with van der Waals surface area (Å²) in [5, 5.41) is 11.4. The van der Waals surface area contributed by atoms with Gasteiger partial charge in [-0.2, -0.15) is 13.2 Å². The molecule has 0 atom stereocenters. The molecular weight excluding hydrogens is 591 g/mol. The van der Waals surface area contributed by atoms with Crippen molar-refractivity contribution in [2.45, 2.75) is 19.3 Å². The molecule has 43 heavy (non-hydrogen) atoms. The first kappa shape index (κ1) is 29.4. The number of nitrogens with zero attached hydrogens (tertiary/aromatic N) is 2. The third kappa shape index (κ3) is 6.23. The number of aromatic nitrogens is 2. The summed E-state index contributed by atoms with van der Waals surface area (Å²) in [5.74, 6) is -1.44. The van der Waals surface area contributed by atoms with E-state index in [1.165, 1.54) is 11.3 Å². The van der Waals surface area contributed by atoms with Gasteiger partial charge in [0.1, 0.15) is 16.9 Å². The molecule has 2 N–H and O–H groups in total. The van der Waals surface area contributed by atoms with Gasteiger partial charge in [-0.05, 0) is 41.5 Å². The van der Waals surface area contributed by atoms with Crippen molar-refractivity contribution in [1.82, 2.24) is 14.9 Å². The van der Waals surface area contributed by atoms with Gasteiger partial charge in [0, 0.05) is 31.4 Å². The summed E-state index contributed by atoms with van der Waals surface area (Å²) in [6.45, 7) is 0.674. The van der Waals surface area contributed by atoms with Crippen molar-refractivity contribution in [2.24, 2.45) is 7.05 Å². The molecule has 4 heterocycles. The van der Waals surface area contributed by atoms with E-state index in [9.17, 15) is 22.8 Å². The molecule has 0 unspecified atom stereocenters. The molecule has 6 rings (SSSR count). The van der Waals surface area contributed by atoms with E-state index in [-0.39, 0.29) is 31.4 Å². The number of pyridine rings is 2. The molecule has 222 valence electrons. The van der Waals surface area contributed by atoms with Crippen LogP contribution in [-0.4, -0.2) is 39.5 Å². The summed E-state index contributed by atoms with van der Waals surface area (Å²) < 4.78 is 51.0. The molecule has 5 aromatic rings. The topological polar surface area (TPSA) is 129 Å². The number of halogens is 3. The zero-order chi connectivity index (χ0) is 30.7. The predicted octanol–water partition coefficient (Wildman–Crippen LogP) is 5.02. The molecule has 0 saturated heterocycles. The van der Waals surface area contributed by atoms with Crippen molar-refractivity contribution < 1.29 is 42.1 Å². The molecule has 14 heteroatoms. The molecule has 0 radical (unpaired) electrons. The number of hydrogen-bond acceptors (Lipinski definition) is 8. The van der Waals surface area contributed by atoms with E-state index in [2.05, 4.69) is 10.3 Å². The van der Waals surface area contributed by atoms with Gasteiger partial charge in [0.05, 0.1) is 10.2 Å². The van der Waals surface area contributed by atoms with Crippen LogP contribution in [0.4, 0.5) is 13.2 Å². The number of aryl methyl sites for hydroxylation is 1. The Bertz CT molecular complexity index is 1890. The van der Waals surface area contributed by atoms with E-state index >= 15 is 0 Å². The van der Waals surface area contributed by atoms with Crippen LogP contribution in [0, 0.1) is 0 Å². The summed E-state index contributed by atoms with van der Waals surface area (Å²) in [5.41, 5.74) is 2.34. The molecule has 0 bridgehead atoms. The highest BCUT2D eigenvalue weighted by Gasteiger charge is 2.38. The van der Waals surface area contributed by atoms with E-state index in [1.54, 1.807) is 24.0 Å². The maximum absolute atomic E-state index is 13.4. The van der Waals surface area contributed by atoms with Crippen LogP contribution >= 0.6 is 11.3 Å². The summed E-state index contributed by atoms with van der Waals surface area (Å²) in [6.07, 6.45) is -1.73. The fraction of sp³-hybridized carbons (Fsp3) is 0.172. The maximum atomic E-state index is 13.4. The molecular formula is C29H22F3N3O7S. The lowest BCUT2D eigenvalue weighted by Crippen LogP contribution is -2.23. The standard InChI is InChI=1S/C27H21N3O5S.C2HF3O2/c1-30-19-5-3-2-4-18(19)24-22(27(30)32)23(33-14-16-8-10-28-11-9-16)25(36-24)26(31)29-13-17-6-7-20-21(12-17)35-15-34-20;3-2(4,5)1(6)7/h2-12H,13-15H2,1H3,(H,29,31);(H,6,7). The van der Waals surface area contributed by atoms with Gasteiger partial charge in [-0.3, -0.25) is 14.6 Å². The summed E-state index contributed by atoms with van der Waals surface area (Å²) in [6, 6.07) is 16.9. The molecule has 10 nitrogen and oxygen atoms in total. The molecule has 1 aliphatic heterocycles. The highest BCUT2D eigenvalue weighted by molar-refractivity contribution is 7.22. The second-order valence-electron chi connectivity index (χ2n) is 9.16. The van der Waals surface area contributed by atoms with E-state index in [1.807, 2.05) is 54.6 Å². The highest BCUT2D eigenvalue weighted by Crippen LogP contribution is 2.40. The van der Waals surface area contributed by atoms with Crippen LogP contribution in [0.3, 0.4) is 0 Å². The third-order valence-electron chi connectivity index (χ3n) is 6.36. The minimum Gasteiger partial charge on any atom is -0.486 e. The molecule has 0 fully saturated rings. The van der Waals surface area contributed by atoms with E-state index in [0.29, 0.717) is 27.5 Å². The van der Waals surface area contributed by atoms with E-state index in [0.717, 1.165) is 26.7 Å². The minimum absolute atomic E-state index is 0.189. The Morgan fingerprint density at radius 3 is 2.49 bits per heavy atom. The number of rotatable bonds is 6. The van der Waals surface area contributed by atoms with Gasteiger partial charge in [-0.15, -0.1) is 11.3 Å². The van der Waals surface area contributed by atoms with Crippen molar-refractivity contribution in [3.05, 3.63) is 93.3 Å². The van der Waals surface area contributed by atoms with Crippen molar-refractivity contribution in [1.29, 1.82) is 0 Å². The summed E-state index contributed by atoms with van der Waals surface area (Å²) in [4.78, 5) is 40.1. The first-order valence-corrected chi connectivity index (χ1v) is 13.4. The monoisotopic (exact) mass is 613 g/mol. The van der Waals surface area contributed by atoms with Gasteiger partial charge in [-0.25, -0.2) is 4.79 Å². The van der Waals surface area contributed by atoms with E-state index in [4.69, 9.17) is 24.1 Å². The lowest BCUT2D eigenvalue weighted by Gasteiger charge is -2.10. The summed E-state index contributed by atoms with van der Waals surface area (Å²) >= 11 is 1.27. The Balaban J connectivity index is 0.000000472. The van der Waals surface area contributed by atoms with Gasteiger partial charge < -0.3 is 29.2 Å². The maximum Gasteiger partial charge on any atom is 0.490 e. The predicted molar refractivity (Wildman–Crippen MR) is 151 cm³/mol. The van der Waals surface area contributed by atoms with Crippen LogP contribution in [0.5, 0.6) is 17.2 Å². The van der Waals surface area contributed by atoms with Gasteiger partial charge in [0.2, 0.25) is 6.79 Å². The van der Waals surface area contributed by atoms with Crippen LogP contribution in [0.15, 0.2) is 71.8 Å². The molecule has 1 aliphatic rings. The number of carbonyl (C=O) groups excluding carboxylic acids is 1. The Morgan fingerprint density at radius 1 is 1.07 bits per heavy atom. The first-order chi connectivity index (χ1) is 20.5. The van der Waals surface area contributed by atoms with Crippen LogP contribution in [0.1, 0.15) is 20.8 Å². The number of carboxylic acid groups (broad SMARTS) is 1. The molecule has 3 aromatic heterocycles. The van der Waals surface area contributed by atoms with Crippen LogP contribution in [0.2, 0.25) is 0 Å². The van der Waals surface area contributed by atoms with Crippen molar-refractivity contribution in [3.8, 4) is 17.2 Å². The van der Waals surface area contributed by atoms with Gasteiger partial charge in [0.15, 0.2) is 17.2 Å². The zero-order valence-corrected chi connectivity index (χ0v) is 23.1. The van der Waals surface area contributed by atoms with Crippen LogP contribution in [-0.2, 0) is 25.0 Å². The number of carbonyl (C=O) groups is 2. The van der Waals surface area contributed by atoms with Gasteiger partial charge >= 0.3 is 12.1 Å². The smallest absolute Gasteiger partial charge is 0.486 e. The zero-order valence-electron chi connectivity index (χ0n) is 22.3. The average Bonchev–Trinajstić information content (AvgIpc) is 3.63. The quantitative estimate of drug-likeness (QED) is 0.273. The van der Waals surface area contributed by atoms with Crippen LogP contribution < -0.4 is 25.1 Å². The number of hydrogen-bond donors (Lipinski definition) is 2. The number of amides is 1. The number of thiophene rings is 1. The Labute approximate surface area is 244 Å². The Kier molecular flexibility index (Phi) is 8.21. The number of para-hydroxylation sites is 1. The number of benzene rings is 2. The fourth-order valence-corrected chi connectivity index (χ4v) is 5.46. The molecule has 1 amide bonds. The summed E-state index contributed by atoms with van der Waals surface area (Å²) in [7, 11) is 1.73. The average molecular weight is 614 g/mol. The van der Waals surface area contributed by atoms with Crippen molar-refractivity contribution in [3.63, 3.8) is 0 Å². The number of ether oxygens (including phenoxy) is 3. The number of nitrogens with one attached hydrogen (secondary N) is 1. The van der Waals surface area contributed by atoms with Crippen molar-refractivity contribution in [2.75, 3.05) is 6.79 Å². The van der Waals surface area contributed by atoms with Crippen molar-refractivity contribution >= 4 is 44.2 Å². The van der Waals surface area contributed by atoms with Gasteiger partial charge in [-0.1, -0.05) is 24.3 Å². The largest absolute Gasteiger partial charge is 0.490 e. The first-order valence-electron chi connectivity index (χ1n) is 12.6. The normalized spacial score (nSPS) is 12.1. The molecule has 0 saturated carbocycles. The lowest BCUT2D eigenvalue weighted by atomic mass is 10.1. The van der Waals surface area contributed by atoms with Gasteiger partial charge in [0.25, 0.3) is 11.5 Å². The lowest BCUT2D eigenvalue weighted by molar-refractivity contribution is -0.192. The second-order valence-corrected chi connectivity index (χ2v) is 10.2. The molecule has 2 aromatic carbocycles. The number of alkyl halides is 3. The molecule has 0 aliphatic carbocycles. The third-order valence-corrected chi connectivity index (χ3v) is 7.57. The van der Waals surface area contributed by atoms with E-state index < -0.39 is 12.1 Å². The molecule has 0 spiro atoms. The minimum atomic E-state index is -5.08. The number of fused-ring (bicyclic) bond motifs is 4. The number of carboxylic acids is 1. The Morgan fingerprint density at radius 2 is 1.77 bits per heavy atom. The second kappa shape index (κ2) is 12.0. The number of aliphatic carboxylic acids is 1. The highest BCUT2D eigenvalue weighted by atomic mass is 32.1. The fourth-order valence-electron chi connectivity index (χ4n) is 4.27. The van der Waals surface area contributed by atoms with Crippen LogP contribution in [0.25, 0.3) is 21.0 Å². The SMILES string of the molecule is Cn1c(=O)c2c(OCc3ccncc3)c(C(=O)NCc3ccc4c(c3)OCO4)sc2c2ccccc21.O=C(O)C(F)(F)F.